The molecule has 33 heavy (non-hydrogen) atoms. The number of halogens is 1. The lowest BCUT2D eigenvalue weighted by Gasteiger charge is -2.51. The molecule has 0 spiro atoms. The summed E-state index contributed by atoms with van der Waals surface area (Å²) in [5, 5.41) is 12.3. The van der Waals surface area contributed by atoms with Crippen molar-refractivity contribution in [3.8, 4) is 0 Å². The number of likely N-dealkylation sites (tertiary alicyclic amines) is 1. The van der Waals surface area contributed by atoms with Gasteiger partial charge in [-0.2, -0.15) is 0 Å². The van der Waals surface area contributed by atoms with Gasteiger partial charge in [0.05, 0.1) is 18.1 Å². The van der Waals surface area contributed by atoms with E-state index in [1.165, 1.54) is 0 Å². The standard InChI is InChI=1S/C26H31ClN2O4/c1-25(2)16-29(13-12-26(25,32)17-7-9-18(27)10-8-17)24(31)22-15-33-14-11-20(22)19-5-3-4-6-21(19)23(28)30/h3-10,20,22,32H,11-16H2,1-2H3,(H2,28,30)/t20-,22-,26+/m1/s1. The van der Waals surface area contributed by atoms with Crippen LogP contribution in [0, 0.1) is 11.3 Å². The number of benzene rings is 2. The zero-order valence-corrected chi connectivity index (χ0v) is 19.8. The summed E-state index contributed by atoms with van der Waals surface area (Å²) >= 11 is 6.04. The topological polar surface area (TPSA) is 92.9 Å². The molecule has 2 fully saturated rings. The van der Waals surface area contributed by atoms with Crippen LogP contribution < -0.4 is 5.73 Å². The lowest BCUT2D eigenvalue weighted by Crippen LogP contribution is -2.58. The molecule has 7 heteroatoms. The number of rotatable bonds is 4. The van der Waals surface area contributed by atoms with E-state index in [-0.39, 0.29) is 11.8 Å². The van der Waals surface area contributed by atoms with E-state index in [0.717, 1.165) is 11.1 Å². The molecule has 0 bridgehead atoms. The number of primary amides is 1. The van der Waals surface area contributed by atoms with Gasteiger partial charge in [0.25, 0.3) is 0 Å². The van der Waals surface area contributed by atoms with Gasteiger partial charge in [0, 0.05) is 41.6 Å². The molecule has 3 N–H and O–H groups in total. The minimum Gasteiger partial charge on any atom is -0.384 e. The fourth-order valence-electron chi connectivity index (χ4n) is 5.40. The Morgan fingerprint density at radius 3 is 2.52 bits per heavy atom. The van der Waals surface area contributed by atoms with E-state index in [9.17, 15) is 14.7 Å². The van der Waals surface area contributed by atoms with Crippen molar-refractivity contribution in [1.29, 1.82) is 0 Å². The van der Waals surface area contributed by atoms with E-state index in [2.05, 4.69) is 0 Å². The highest BCUT2D eigenvalue weighted by molar-refractivity contribution is 6.30. The van der Waals surface area contributed by atoms with Crippen LogP contribution in [0.4, 0.5) is 0 Å². The average molecular weight is 471 g/mol. The van der Waals surface area contributed by atoms with Crippen LogP contribution in [0.25, 0.3) is 0 Å². The van der Waals surface area contributed by atoms with Crippen LogP contribution in [0.1, 0.15) is 54.1 Å². The highest BCUT2D eigenvalue weighted by Crippen LogP contribution is 2.47. The lowest BCUT2D eigenvalue weighted by molar-refractivity contribution is -0.160. The zero-order valence-electron chi connectivity index (χ0n) is 19.1. The Morgan fingerprint density at radius 1 is 1.15 bits per heavy atom. The van der Waals surface area contributed by atoms with E-state index < -0.39 is 22.8 Å². The molecular formula is C26H31ClN2O4. The molecule has 2 aromatic rings. The third-order valence-electron chi connectivity index (χ3n) is 7.38. The Labute approximate surface area is 199 Å². The quantitative estimate of drug-likeness (QED) is 0.712. The van der Waals surface area contributed by atoms with Gasteiger partial charge >= 0.3 is 0 Å². The van der Waals surface area contributed by atoms with Crippen LogP contribution in [0.15, 0.2) is 48.5 Å². The number of hydrogen-bond acceptors (Lipinski definition) is 4. The Bertz CT molecular complexity index is 1040. The number of carbonyl (C=O) groups is 2. The normalized spacial score (nSPS) is 27.2. The SMILES string of the molecule is CC1(C)CN(C(=O)[C@@H]2COCC[C@@H]2c2ccccc2C(N)=O)CC[C@]1(O)c1ccc(Cl)cc1. The first-order valence-corrected chi connectivity index (χ1v) is 11.8. The van der Waals surface area contributed by atoms with Crippen molar-refractivity contribution in [2.45, 2.75) is 38.2 Å². The number of nitrogens with two attached hydrogens (primary N) is 1. The molecule has 0 aromatic heterocycles. The molecule has 2 aliphatic rings. The first-order chi connectivity index (χ1) is 15.6. The van der Waals surface area contributed by atoms with Crippen LogP contribution in [0.2, 0.25) is 5.02 Å². The minimum atomic E-state index is -1.07. The molecule has 2 aromatic carbocycles. The molecule has 2 amide bonds. The van der Waals surface area contributed by atoms with E-state index in [0.29, 0.717) is 49.7 Å². The Balaban J connectivity index is 1.58. The summed E-state index contributed by atoms with van der Waals surface area (Å²) in [4.78, 5) is 27.6. The van der Waals surface area contributed by atoms with Crippen molar-refractivity contribution in [2.24, 2.45) is 17.1 Å². The number of hydrogen-bond donors (Lipinski definition) is 2. The monoisotopic (exact) mass is 470 g/mol. The lowest BCUT2D eigenvalue weighted by atomic mass is 9.66. The van der Waals surface area contributed by atoms with Crippen molar-refractivity contribution in [1.82, 2.24) is 4.90 Å². The van der Waals surface area contributed by atoms with Crippen LogP contribution in [-0.4, -0.2) is 48.1 Å². The molecule has 4 rings (SSSR count). The van der Waals surface area contributed by atoms with Crippen LogP contribution in [0.3, 0.4) is 0 Å². The second-order valence-electron chi connectivity index (χ2n) is 9.79. The number of ether oxygens (including phenoxy) is 1. The summed E-state index contributed by atoms with van der Waals surface area (Å²) in [6.45, 7) is 5.64. The van der Waals surface area contributed by atoms with Gasteiger partial charge in [-0.05, 0) is 42.2 Å². The van der Waals surface area contributed by atoms with E-state index >= 15 is 0 Å². The molecule has 0 aliphatic carbocycles. The largest absolute Gasteiger partial charge is 0.384 e. The van der Waals surface area contributed by atoms with Gasteiger partial charge in [-0.1, -0.05) is 55.8 Å². The van der Waals surface area contributed by atoms with Crippen molar-refractivity contribution in [2.75, 3.05) is 26.3 Å². The summed E-state index contributed by atoms with van der Waals surface area (Å²) in [5.41, 5.74) is 6.03. The van der Waals surface area contributed by atoms with Gasteiger partial charge in [-0.15, -0.1) is 0 Å². The molecule has 0 saturated carbocycles. The second-order valence-corrected chi connectivity index (χ2v) is 10.2. The Hall–Kier alpha value is -2.41. The van der Waals surface area contributed by atoms with Crippen LogP contribution >= 0.6 is 11.6 Å². The number of amides is 2. The highest BCUT2D eigenvalue weighted by Gasteiger charge is 2.50. The van der Waals surface area contributed by atoms with Crippen molar-refractivity contribution in [3.63, 3.8) is 0 Å². The molecule has 3 atom stereocenters. The van der Waals surface area contributed by atoms with E-state index in [1.807, 2.05) is 43.0 Å². The molecule has 0 radical (unpaired) electrons. The van der Waals surface area contributed by atoms with Gasteiger partial charge in [-0.25, -0.2) is 0 Å². The third kappa shape index (κ3) is 4.39. The summed E-state index contributed by atoms with van der Waals surface area (Å²) in [6, 6.07) is 14.5. The molecule has 176 valence electrons. The van der Waals surface area contributed by atoms with Gasteiger partial charge in [0.15, 0.2) is 0 Å². The van der Waals surface area contributed by atoms with Crippen molar-refractivity contribution in [3.05, 3.63) is 70.2 Å². The smallest absolute Gasteiger partial charge is 0.248 e. The van der Waals surface area contributed by atoms with Crippen LogP contribution in [0.5, 0.6) is 0 Å². The maximum atomic E-state index is 13.7. The summed E-state index contributed by atoms with van der Waals surface area (Å²) in [5.74, 6) is -1.05. The average Bonchev–Trinajstić information content (AvgIpc) is 2.80. The first-order valence-electron chi connectivity index (χ1n) is 11.4. The molecule has 6 nitrogen and oxygen atoms in total. The zero-order chi connectivity index (χ0) is 23.8. The van der Waals surface area contributed by atoms with Gasteiger partial charge in [0.2, 0.25) is 11.8 Å². The number of piperidine rings is 1. The van der Waals surface area contributed by atoms with Gasteiger partial charge in [-0.3, -0.25) is 9.59 Å². The van der Waals surface area contributed by atoms with Crippen LogP contribution in [-0.2, 0) is 15.1 Å². The molecule has 2 heterocycles. The summed E-state index contributed by atoms with van der Waals surface area (Å²) < 4.78 is 5.69. The molecule has 2 aliphatic heterocycles. The molecular weight excluding hydrogens is 440 g/mol. The second kappa shape index (κ2) is 9.09. The van der Waals surface area contributed by atoms with Crippen molar-refractivity contribution >= 4 is 23.4 Å². The van der Waals surface area contributed by atoms with Gasteiger partial charge in [0.1, 0.15) is 0 Å². The summed E-state index contributed by atoms with van der Waals surface area (Å²) in [6.07, 6.45) is 1.07. The van der Waals surface area contributed by atoms with Crippen molar-refractivity contribution < 1.29 is 19.4 Å². The Kier molecular flexibility index (Phi) is 6.54. The molecule has 0 unspecified atom stereocenters. The predicted octanol–water partition coefficient (Wildman–Crippen LogP) is 3.71. The number of carbonyl (C=O) groups excluding carboxylic acids is 2. The fraction of sp³-hybridized carbons (Fsp3) is 0.462. The van der Waals surface area contributed by atoms with Gasteiger partial charge < -0.3 is 20.5 Å². The molecule has 2 saturated heterocycles. The highest BCUT2D eigenvalue weighted by atomic mass is 35.5. The maximum Gasteiger partial charge on any atom is 0.248 e. The number of aliphatic hydroxyl groups is 1. The third-order valence-corrected chi connectivity index (χ3v) is 7.63. The number of nitrogens with zero attached hydrogens (tertiary/aromatic N) is 1. The minimum absolute atomic E-state index is 0.00907. The first kappa shape index (κ1) is 23.7. The predicted molar refractivity (Wildman–Crippen MR) is 127 cm³/mol. The van der Waals surface area contributed by atoms with E-state index in [1.54, 1.807) is 24.3 Å². The van der Waals surface area contributed by atoms with E-state index in [4.69, 9.17) is 22.1 Å². The summed E-state index contributed by atoms with van der Waals surface area (Å²) in [7, 11) is 0. The fourth-order valence-corrected chi connectivity index (χ4v) is 5.53. The maximum absolute atomic E-state index is 13.7. The Morgan fingerprint density at radius 2 is 1.85 bits per heavy atom.